The predicted octanol–water partition coefficient (Wildman–Crippen LogP) is 2.64. The lowest BCUT2D eigenvalue weighted by Crippen LogP contribution is -2.17. The van der Waals surface area contributed by atoms with E-state index in [0.29, 0.717) is 17.3 Å². The highest BCUT2D eigenvalue weighted by atomic mass is 79.9. The molecule has 0 saturated heterocycles. The molecular weight excluding hydrogens is 310 g/mol. The number of aromatic amines is 1. The van der Waals surface area contributed by atoms with Gasteiger partial charge in [-0.05, 0) is 28.4 Å². The van der Waals surface area contributed by atoms with Gasteiger partial charge in [-0.2, -0.15) is 0 Å². The molecule has 7 heteroatoms. The second kappa shape index (κ2) is 6.33. The molecular formula is C12H14BrN5O. The van der Waals surface area contributed by atoms with Crippen LogP contribution in [0.25, 0.3) is 0 Å². The summed E-state index contributed by atoms with van der Waals surface area (Å²) >= 11 is 3.32. The van der Waals surface area contributed by atoms with E-state index in [4.69, 9.17) is 0 Å². The van der Waals surface area contributed by atoms with Crippen LogP contribution in [0.2, 0.25) is 0 Å². The smallest absolute Gasteiger partial charge is 0.261 e. The van der Waals surface area contributed by atoms with Crippen LogP contribution in [0.5, 0.6) is 0 Å². The Morgan fingerprint density at radius 1 is 1.47 bits per heavy atom. The quantitative estimate of drug-likeness (QED) is 0.789. The number of nitrogens with zero attached hydrogens (tertiary/aromatic N) is 2. The molecule has 19 heavy (non-hydrogen) atoms. The van der Waals surface area contributed by atoms with Crippen molar-refractivity contribution in [3.05, 3.63) is 34.7 Å². The summed E-state index contributed by atoms with van der Waals surface area (Å²) < 4.78 is 0.749. The number of amides is 1. The Morgan fingerprint density at radius 2 is 2.32 bits per heavy atom. The molecule has 6 nitrogen and oxygen atoms in total. The SMILES string of the molecule is CCCNc1ncc(Br)cc1C(=O)Nc1ncc[nH]1. The first kappa shape index (κ1) is 13.5. The summed E-state index contributed by atoms with van der Waals surface area (Å²) in [6.07, 6.45) is 5.83. The number of hydrogen-bond donors (Lipinski definition) is 3. The van der Waals surface area contributed by atoms with Gasteiger partial charge in [0.25, 0.3) is 5.91 Å². The van der Waals surface area contributed by atoms with Gasteiger partial charge in [-0.3, -0.25) is 10.1 Å². The second-order valence-corrected chi connectivity index (χ2v) is 4.78. The molecule has 1 amide bonds. The van der Waals surface area contributed by atoms with Gasteiger partial charge in [-0.25, -0.2) is 9.97 Å². The van der Waals surface area contributed by atoms with E-state index in [1.54, 1.807) is 24.7 Å². The highest BCUT2D eigenvalue weighted by Gasteiger charge is 2.14. The maximum atomic E-state index is 12.2. The molecule has 0 aliphatic heterocycles. The van der Waals surface area contributed by atoms with Crippen molar-refractivity contribution in [2.45, 2.75) is 13.3 Å². The Balaban J connectivity index is 2.21. The normalized spacial score (nSPS) is 10.2. The van der Waals surface area contributed by atoms with E-state index < -0.39 is 0 Å². The number of H-pyrrole nitrogens is 1. The Bertz CT molecular complexity index is 555. The third kappa shape index (κ3) is 3.54. The molecule has 3 N–H and O–H groups in total. The molecule has 0 aliphatic rings. The molecule has 0 radical (unpaired) electrons. The Labute approximate surface area is 119 Å². The fourth-order valence-electron chi connectivity index (χ4n) is 1.51. The van der Waals surface area contributed by atoms with Crippen LogP contribution in [0, 0.1) is 0 Å². The van der Waals surface area contributed by atoms with Crippen molar-refractivity contribution in [1.82, 2.24) is 15.0 Å². The van der Waals surface area contributed by atoms with Crippen molar-refractivity contribution in [2.24, 2.45) is 0 Å². The third-order valence-electron chi connectivity index (χ3n) is 2.37. The van der Waals surface area contributed by atoms with Gasteiger partial charge in [-0.1, -0.05) is 6.92 Å². The molecule has 0 aromatic carbocycles. The maximum Gasteiger partial charge on any atom is 0.261 e. The van der Waals surface area contributed by atoms with Crippen molar-refractivity contribution in [2.75, 3.05) is 17.2 Å². The van der Waals surface area contributed by atoms with Crippen LogP contribution in [-0.4, -0.2) is 27.4 Å². The Kier molecular flexibility index (Phi) is 4.51. The van der Waals surface area contributed by atoms with E-state index in [0.717, 1.165) is 17.4 Å². The van der Waals surface area contributed by atoms with Crippen LogP contribution in [0.4, 0.5) is 11.8 Å². The zero-order valence-electron chi connectivity index (χ0n) is 10.4. The second-order valence-electron chi connectivity index (χ2n) is 3.87. The molecule has 0 bridgehead atoms. The van der Waals surface area contributed by atoms with Gasteiger partial charge in [-0.15, -0.1) is 0 Å². The third-order valence-corrected chi connectivity index (χ3v) is 2.81. The number of nitrogens with one attached hydrogen (secondary N) is 3. The summed E-state index contributed by atoms with van der Waals surface area (Å²) in [4.78, 5) is 23.2. The van der Waals surface area contributed by atoms with Gasteiger partial charge in [0.2, 0.25) is 5.95 Å². The van der Waals surface area contributed by atoms with Crippen molar-refractivity contribution in [1.29, 1.82) is 0 Å². The van der Waals surface area contributed by atoms with Crippen LogP contribution in [0.3, 0.4) is 0 Å². The van der Waals surface area contributed by atoms with E-state index in [-0.39, 0.29) is 5.91 Å². The topological polar surface area (TPSA) is 82.7 Å². The van der Waals surface area contributed by atoms with Crippen molar-refractivity contribution in [3.8, 4) is 0 Å². The summed E-state index contributed by atoms with van der Waals surface area (Å²) in [5.41, 5.74) is 0.472. The zero-order valence-corrected chi connectivity index (χ0v) is 12.0. The number of halogens is 1. The highest BCUT2D eigenvalue weighted by molar-refractivity contribution is 9.10. The van der Waals surface area contributed by atoms with E-state index in [9.17, 15) is 4.79 Å². The Morgan fingerprint density at radius 3 is 3.00 bits per heavy atom. The molecule has 2 aromatic heterocycles. The standard InChI is InChI=1S/C12H14BrN5O/c1-2-3-14-10-9(6-8(13)7-17-10)11(19)18-12-15-4-5-16-12/h4-7H,2-3H2,1H3,(H,14,17)(H2,15,16,18,19). The van der Waals surface area contributed by atoms with Crippen LogP contribution in [0.1, 0.15) is 23.7 Å². The van der Waals surface area contributed by atoms with Gasteiger partial charge < -0.3 is 10.3 Å². The van der Waals surface area contributed by atoms with Crippen LogP contribution < -0.4 is 10.6 Å². The molecule has 100 valence electrons. The fraction of sp³-hybridized carbons (Fsp3) is 0.250. The molecule has 0 atom stereocenters. The highest BCUT2D eigenvalue weighted by Crippen LogP contribution is 2.19. The molecule has 0 fully saturated rings. The summed E-state index contributed by atoms with van der Waals surface area (Å²) in [6.45, 7) is 2.81. The van der Waals surface area contributed by atoms with Crippen LogP contribution >= 0.6 is 15.9 Å². The number of carbonyl (C=O) groups is 1. The summed E-state index contributed by atoms with van der Waals surface area (Å²) in [6, 6.07) is 1.73. The minimum Gasteiger partial charge on any atom is -0.369 e. The molecule has 0 saturated carbocycles. The number of pyridine rings is 1. The van der Waals surface area contributed by atoms with Gasteiger partial charge in [0.05, 0.1) is 5.56 Å². The fourth-order valence-corrected chi connectivity index (χ4v) is 1.84. The summed E-state index contributed by atoms with van der Waals surface area (Å²) in [7, 11) is 0. The van der Waals surface area contributed by atoms with Crippen molar-refractivity contribution >= 4 is 33.6 Å². The largest absolute Gasteiger partial charge is 0.369 e. The van der Waals surface area contributed by atoms with Crippen LogP contribution in [-0.2, 0) is 0 Å². The first-order valence-corrected chi connectivity index (χ1v) is 6.70. The maximum absolute atomic E-state index is 12.2. The lowest BCUT2D eigenvalue weighted by molar-refractivity contribution is 0.102. The van der Waals surface area contributed by atoms with E-state index in [1.165, 1.54) is 0 Å². The molecule has 0 spiro atoms. The predicted molar refractivity (Wildman–Crippen MR) is 77.3 cm³/mol. The molecule has 0 unspecified atom stereocenters. The average Bonchev–Trinajstić information content (AvgIpc) is 2.90. The van der Waals surface area contributed by atoms with Gasteiger partial charge in [0.1, 0.15) is 5.82 Å². The number of carbonyl (C=O) groups excluding carboxylic acids is 1. The van der Waals surface area contributed by atoms with Crippen molar-refractivity contribution in [3.63, 3.8) is 0 Å². The van der Waals surface area contributed by atoms with E-state index in [1.807, 2.05) is 0 Å². The first-order valence-electron chi connectivity index (χ1n) is 5.91. The van der Waals surface area contributed by atoms with Crippen molar-refractivity contribution < 1.29 is 4.79 Å². The number of imidazole rings is 1. The minimum atomic E-state index is -0.262. The minimum absolute atomic E-state index is 0.262. The zero-order chi connectivity index (χ0) is 13.7. The summed E-state index contributed by atoms with van der Waals surface area (Å²) in [5.74, 6) is 0.711. The average molecular weight is 324 g/mol. The number of aromatic nitrogens is 3. The van der Waals surface area contributed by atoms with Crippen LogP contribution in [0.15, 0.2) is 29.1 Å². The molecule has 0 aliphatic carbocycles. The molecule has 2 heterocycles. The lowest BCUT2D eigenvalue weighted by Gasteiger charge is -2.10. The number of hydrogen-bond acceptors (Lipinski definition) is 4. The monoisotopic (exact) mass is 323 g/mol. The van der Waals surface area contributed by atoms with Gasteiger partial charge in [0.15, 0.2) is 0 Å². The van der Waals surface area contributed by atoms with E-state index in [2.05, 4.69) is 48.4 Å². The summed E-state index contributed by atoms with van der Waals surface area (Å²) in [5, 5.41) is 5.80. The number of rotatable bonds is 5. The lowest BCUT2D eigenvalue weighted by atomic mass is 10.2. The van der Waals surface area contributed by atoms with Gasteiger partial charge >= 0.3 is 0 Å². The first-order chi connectivity index (χ1) is 9.20. The van der Waals surface area contributed by atoms with E-state index >= 15 is 0 Å². The number of anilines is 2. The Hall–Kier alpha value is -1.89. The molecule has 2 rings (SSSR count). The molecule has 2 aromatic rings. The van der Waals surface area contributed by atoms with Gasteiger partial charge in [0, 0.05) is 29.6 Å².